The molecule has 0 radical (unpaired) electrons. The molecule has 1 amide bonds. The van der Waals surface area contributed by atoms with Gasteiger partial charge in [0.2, 0.25) is 11.0 Å². The third kappa shape index (κ3) is 4.72. The molecule has 1 fully saturated rings. The third-order valence-electron chi connectivity index (χ3n) is 3.40. The Morgan fingerprint density at radius 1 is 1.48 bits per heavy atom. The van der Waals surface area contributed by atoms with Crippen LogP contribution in [0.25, 0.3) is 0 Å². The second-order valence-electron chi connectivity index (χ2n) is 5.27. The number of aromatic nitrogens is 2. The molecule has 2 heterocycles. The number of aryl methyl sites for hydroxylation is 1. The van der Waals surface area contributed by atoms with Gasteiger partial charge in [0.15, 0.2) is 9.84 Å². The summed E-state index contributed by atoms with van der Waals surface area (Å²) >= 11 is 1.38. The van der Waals surface area contributed by atoms with E-state index < -0.39 is 9.84 Å². The van der Waals surface area contributed by atoms with Crippen LogP contribution in [0, 0.1) is 0 Å². The number of hydrogen-bond donors (Lipinski definition) is 1. The van der Waals surface area contributed by atoms with Crippen LogP contribution in [0.5, 0.6) is 0 Å². The van der Waals surface area contributed by atoms with E-state index >= 15 is 0 Å². The van der Waals surface area contributed by atoms with Crippen molar-refractivity contribution in [2.75, 3.05) is 30.4 Å². The van der Waals surface area contributed by atoms with Crippen molar-refractivity contribution in [2.24, 2.45) is 0 Å². The SMILES string of the molecule is CCCc1nnc(NC(=O)CN(C)[C@@H]2CCS(=O)(=O)C2)s1. The first-order chi connectivity index (χ1) is 9.89. The Hall–Kier alpha value is -1.06. The average molecular weight is 332 g/mol. The lowest BCUT2D eigenvalue weighted by atomic mass is 10.2. The first kappa shape index (κ1) is 16.3. The highest BCUT2D eigenvalue weighted by atomic mass is 32.2. The lowest BCUT2D eigenvalue weighted by molar-refractivity contribution is -0.117. The van der Waals surface area contributed by atoms with E-state index in [9.17, 15) is 13.2 Å². The van der Waals surface area contributed by atoms with E-state index in [0.717, 1.165) is 17.8 Å². The lowest BCUT2D eigenvalue weighted by Crippen LogP contribution is -2.38. The third-order valence-corrected chi connectivity index (χ3v) is 6.05. The molecule has 21 heavy (non-hydrogen) atoms. The molecule has 2 rings (SSSR count). The first-order valence-electron chi connectivity index (χ1n) is 6.92. The normalized spacial score (nSPS) is 20.8. The molecule has 9 heteroatoms. The summed E-state index contributed by atoms with van der Waals surface area (Å²) in [5.41, 5.74) is 0. The van der Waals surface area contributed by atoms with Gasteiger partial charge in [-0.1, -0.05) is 18.3 Å². The van der Waals surface area contributed by atoms with E-state index in [-0.39, 0.29) is 30.0 Å². The zero-order valence-electron chi connectivity index (χ0n) is 12.2. The molecule has 1 saturated heterocycles. The number of amides is 1. The minimum absolute atomic E-state index is 0.0779. The van der Waals surface area contributed by atoms with E-state index in [4.69, 9.17) is 0 Å². The number of sulfone groups is 1. The van der Waals surface area contributed by atoms with Crippen molar-refractivity contribution in [3.05, 3.63) is 5.01 Å². The highest BCUT2D eigenvalue weighted by Gasteiger charge is 2.31. The van der Waals surface area contributed by atoms with E-state index in [1.54, 1.807) is 11.9 Å². The van der Waals surface area contributed by atoms with Crippen LogP contribution >= 0.6 is 11.3 Å². The fourth-order valence-electron chi connectivity index (χ4n) is 2.26. The summed E-state index contributed by atoms with van der Waals surface area (Å²) < 4.78 is 22.9. The van der Waals surface area contributed by atoms with Crippen molar-refractivity contribution in [3.8, 4) is 0 Å². The number of carbonyl (C=O) groups is 1. The maximum Gasteiger partial charge on any atom is 0.240 e. The number of anilines is 1. The van der Waals surface area contributed by atoms with Gasteiger partial charge in [-0.05, 0) is 19.9 Å². The van der Waals surface area contributed by atoms with Gasteiger partial charge in [-0.3, -0.25) is 15.0 Å². The van der Waals surface area contributed by atoms with Crippen LogP contribution in [0.2, 0.25) is 0 Å². The molecule has 1 aromatic rings. The summed E-state index contributed by atoms with van der Waals surface area (Å²) in [4.78, 5) is 13.7. The molecule has 1 aliphatic rings. The molecule has 0 aromatic carbocycles. The minimum Gasteiger partial charge on any atom is -0.299 e. The second kappa shape index (κ2) is 6.80. The molecule has 0 saturated carbocycles. The topological polar surface area (TPSA) is 92.3 Å². The zero-order valence-corrected chi connectivity index (χ0v) is 13.8. The van der Waals surface area contributed by atoms with Gasteiger partial charge in [-0.2, -0.15) is 0 Å². The number of rotatable bonds is 6. The molecule has 0 spiro atoms. The Balaban J connectivity index is 1.83. The maximum absolute atomic E-state index is 11.9. The monoisotopic (exact) mass is 332 g/mol. The Morgan fingerprint density at radius 3 is 2.86 bits per heavy atom. The van der Waals surface area contributed by atoms with Crippen LogP contribution in [0.3, 0.4) is 0 Å². The van der Waals surface area contributed by atoms with Crippen molar-refractivity contribution < 1.29 is 13.2 Å². The first-order valence-corrected chi connectivity index (χ1v) is 9.56. The molecule has 118 valence electrons. The van der Waals surface area contributed by atoms with Crippen LogP contribution in [-0.2, 0) is 21.1 Å². The summed E-state index contributed by atoms with van der Waals surface area (Å²) in [6.07, 6.45) is 2.43. The van der Waals surface area contributed by atoms with Crippen molar-refractivity contribution in [1.82, 2.24) is 15.1 Å². The maximum atomic E-state index is 11.9. The molecular formula is C12H20N4O3S2. The molecule has 1 atom stereocenters. The van der Waals surface area contributed by atoms with Crippen molar-refractivity contribution >= 4 is 32.2 Å². The Morgan fingerprint density at radius 2 is 2.24 bits per heavy atom. The molecule has 7 nitrogen and oxygen atoms in total. The van der Waals surface area contributed by atoms with E-state index in [0.29, 0.717) is 11.6 Å². The van der Waals surface area contributed by atoms with Crippen LogP contribution in [0.1, 0.15) is 24.8 Å². The van der Waals surface area contributed by atoms with Gasteiger partial charge in [-0.15, -0.1) is 10.2 Å². The predicted molar refractivity (Wildman–Crippen MR) is 82.2 cm³/mol. The minimum atomic E-state index is -2.93. The predicted octanol–water partition coefficient (Wildman–Crippen LogP) is 0.548. The van der Waals surface area contributed by atoms with Crippen molar-refractivity contribution in [3.63, 3.8) is 0 Å². The summed E-state index contributed by atoms with van der Waals surface area (Å²) in [6.45, 7) is 2.22. The standard InChI is InChI=1S/C12H20N4O3S2/c1-3-4-11-14-15-12(20-11)13-10(17)7-16(2)9-5-6-21(18,19)8-9/h9H,3-8H2,1-2H3,(H,13,15,17)/t9-/m1/s1. The number of nitrogens with zero attached hydrogens (tertiary/aromatic N) is 3. The van der Waals surface area contributed by atoms with Crippen LogP contribution < -0.4 is 5.32 Å². The van der Waals surface area contributed by atoms with Gasteiger partial charge in [-0.25, -0.2) is 8.42 Å². The van der Waals surface area contributed by atoms with Crippen molar-refractivity contribution in [2.45, 2.75) is 32.2 Å². The Kier molecular flexibility index (Phi) is 5.28. The number of likely N-dealkylation sites (N-methyl/N-ethyl adjacent to an activating group) is 1. The molecule has 1 aliphatic heterocycles. The highest BCUT2D eigenvalue weighted by molar-refractivity contribution is 7.91. The Bertz CT molecular complexity index is 599. The van der Waals surface area contributed by atoms with Crippen molar-refractivity contribution in [1.29, 1.82) is 0 Å². The van der Waals surface area contributed by atoms with Gasteiger partial charge in [0.1, 0.15) is 5.01 Å². The average Bonchev–Trinajstić information content (AvgIpc) is 2.96. The van der Waals surface area contributed by atoms with E-state index in [1.807, 2.05) is 0 Å². The largest absolute Gasteiger partial charge is 0.299 e. The smallest absolute Gasteiger partial charge is 0.240 e. The van der Waals surface area contributed by atoms with Gasteiger partial charge in [0, 0.05) is 12.5 Å². The van der Waals surface area contributed by atoms with Crippen LogP contribution in [0.15, 0.2) is 0 Å². The quantitative estimate of drug-likeness (QED) is 0.818. The van der Waals surface area contributed by atoms with Gasteiger partial charge < -0.3 is 0 Å². The molecular weight excluding hydrogens is 312 g/mol. The fraction of sp³-hybridized carbons (Fsp3) is 0.750. The molecule has 1 N–H and O–H groups in total. The van der Waals surface area contributed by atoms with E-state index in [1.165, 1.54) is 11.3 Å². The van der Waals surface area contributed by atoms with E-state index in [2.05, 4.69) is 22.4 Å². The Labute approximate surface area is 128 Å². The molecule has 1 aromatic heterocycles. The summed E-state index contributed by atoms with van der Waals surface area (Å²) in [6, 6.07) is -0.0779. The van der Waals surface area contributed by atoms with Gasteiger partial charge in [0.25, 0.3) is 0 Å². The molecule has 0 bridgehead atoms. The molecule has 0 aliphatic carbocycles. The number of nitrogens with one attached hydrogen (secondary N) is 1. The van der Waals surface area contributed by atoms with Gasteiger partial charge >= 0.3 is 0 Å². The second-order valence-corrected chi connectivity index (χ2v) is 8.56. The summed E-state index contributed by atoms with van der Waals surface area (Å²) in [5, 5.41) is 12.0. The highest BCUT2D eigenvalue weighted by Crippen LogP contribution is 2.18. The summed E-state index contributed by atoms with van der Waals surface area (Å²) in [7, 11) is -1.16. The molecule has 0 unspecified atom stereocenters. The summed E-state index contributed by atoms with van der Waals surface area (Å²) in [5.74, 6) is 0.150. The number of carbonyl (C=O) groups excluding carboxylic acids is 1. The number of hydrogen-bond acceptors (Lipinski definition) is 7. The zero-order chi connectivity index (χ0) is 15.5. The van der Waals surface area contributed by atoms with Gasteiger partial charge in [0.05, 0.1) is 18.1 Å². The fourth-order valence-corrected chi connectivity index (χ4v) is 4.92. The lowest BCUT2D eigenvalue weighted by Gasteiger charge is -2.21. The van der Waals surface area contributed by atoms with Crippen LogP contribution in [0.4, 0.5) is 5.13 Å². The van der Waals surface area contributed by atoms with Crippen LogP contribution in [-0.4, -0.2) is 60.6 Å².